The predicted octanol–water partition coefficient (Wildman–Crippen LogP) is 1.70. The summed E-state index contributed by atoms with van der Waals surface area (Å²) in [6.45, 7) is 0.247. The van der Waals surface area contributed by atoms with E-state index >= 15 is 0 Å². The molecule has 5 nitrogen and oxygen atoms in total. The van der Waals surface area contributed by atoms with Gasteiger partial charge in [0.1, 0.15) is 5.82 Å². The van der Waals surface area contributed by atoms with Gasteiger partial charge in [-0.15, -0.1) is 0 Å². The minimum atomic E-state index is -3.21. The normalized spacial score (nSPS) is 17.3. The van der Waals surface area contributed by atoms with Crippen molar-refractivity contribution in [3.05, 3.63) is 36.4 Å². The van der Waals surface area contributed by atoms with Gasteiger partial charge in [0.05, 0.1) is 23.5 Å². The van der Waals surface area contributed by atoms with Gasteiger partial charge in [0, 0.05) is 6.20 Å². The van der Waals surface area contributed by atoms with Crippen molar-refractivity contribution in [3.8, 4) is 0 Å². The highest BCUT2D eigenvalue weighted by molar-refractivity contribution is 7.90. The van der Waals surface area contributed by atoms with E-state index in [0.717, 1.165) is 37.0 Å². The molecule has 1 aliphatic rings. The number of rotatable bonds is 4. The molecule has 0 aliphatic heterocycles. The SMILES string of the molecule is O=S(=O)(NCc1ncc2ccccn12)C1CCCC1. The molecule has 6 heteroatoms. The zero-order valence-electron chi connectivity index (χ0n) is 10.6. The van der Waals surface area contributed by atoms with Crippen LogP contribution < -0.4 is 4.72 Å². The minimum Gasteiger partial charge on any atom is -0.303 e. The Kier molecular flexibility index (Phi) is 3.28. The molecular weight excluding hydrogens is 262 g/mol. The second kappa shape index (κ2) is 4.94. The Hall–Kier alpha value is -1.40. The van der Waals surface area contributed by atoms with Gasteiger partial charge < -0.3 is 4.40 Å². The van der Waals surface area contributed by atoms with Crippen LogP contribution in [0.1, 0.15) is 31.5 Å². The number of nitrogens with zero attached hydrogens (tertiary/aromatic N) is 2. The predicted molar refractivity (Wildman–Crippen MR) is 73.2 cm³/mol. The van der Waals surface area contributed by atoms with E-state index in [1.165, 1.54) is 0 Å². The number of pyridine rings is 1. The molecule has 0 amide bonds. The second-order valence-corrected chi connectivity index (χ2v) is 6.99. The molecule has 102 valence electrons. The lowest BCUT2D eigenvalue weighted by Crippen LogP contribution is -2.32. The van der Waals surface area contributed by atoms with Crippen LogP contribution in [0.15, 0.2) is 30.6 Å². The van der Waals surface area contributed by atoms with Crippen LogP contribution in [0.4, 0.5) is 0 Å². The van der Waals surface area contributed by atoms with Gasteiger partial charge in [-0.2, -0.15) is 0 Å². The summed E-state index contributed by atoms with van der Waals surface area (Å²) in [6, 6.07) is 5.79. The lowest BCUT2D eigenvalue weighted by atomic mass is 10.4. The largest absolute Gasteiger partial charge is 0.303 e. The number of fused-ring (bicyclic) bond motifs is 1. The highest BCUT2D eigenvalue weighted by Gasteiger charge is 2.28. The van der Waals surface area contributed by atoms with E-state index in [9.17, 15) is 8.42 Å². The van der Waals surface area contributed by atoms with Crippen LogP contribution in [0.2, 0.25) is 0 Å². The van der Waals surface area contributed by atoms with Crippen LogP contribution >= 0.6 is 0 Å². The first-order valence-electron chi connectivity index (χ1n) is 6.56. The first kappa shape index (κ1) is 12.6. The smallest absolute Gasteiger partial charge is 0.214 e. The third kappa shape index (κ3) is 2.50. The Balaban J connectivity index is 1.75. The van der Waals surface area contributed by atoms with Crippen LogP contribution in [-0.2, 0) is 16.6 Å². The van der Waals surface area contributed by atoms with Crippen molar-refractivity contribution in [1.82, 2.24) is 14.1 Å². The third-order valence-corrected chi connectivity index (χ3v) is 5.58. The number of imidazole rings is 1. The van der Waals surface area contributed by atoms with Crippen molar-refractivity contribution in [2.24, 2.45) is 0 Å². The molecule has 1 aliphatic carbocycles. The molecule has 0 bridgehead atoms. The lowest BCUT2D eigenvalue weighted by Gasteiger charge is -2.11. The van der Waals surface area contributed by atoms with Crippen molar-refractivity contribution in [2.75, 3.05) is 0 Å². The Morgan fingerprint density at radius 2 is 2.11 bits per heavy atom. The molecule has 0 aromatic carbocycles. The molecule has 1 N–H and O–H groups in total. The third-order valence-electron chi connectivity index (χ3n) is 3.69. The highest BCUT2D eigenvalue weighted by Crippen LogP contribution is 2.24. The number of nitrogens with one attached hydrogen (secondary N) is 1. The maximum Gasteiger partial charge on any atom is 0.214 e. The van der Waals surface area contributed by atoms with E-state index in [1.807, 2.05) is 28.8 Å². The fourth-order valence-electron chi connectivity index (χ4n) is 2.61. The zero-order chi connectivity index (χ0) is 13.3. The number of aromatic nitrogens is 2. The first-order valence-corrected chi connectivity index (χ1v) is 8.11. The molecule has 1 saturated carbocycles. The topological polar surface area (TPSA) is 63.5 Å². The fraction of sp³-hybridized carbons (Fsp3) is 0.462. The van der Waals surface area contributed by atoms with Gasteiger partial charge in [-0.3, -0.25) is 0 Å². The maximum atomic E-state index is 12.1. The molecule has 2 heterocycles. The molecule has 0 radical (unpaired) electrons. The van der Waals surface area contributed by atoms with Crippen molar-refractivity contribution in [3.63, 3.8) is 0 Å². The average molecular weight is 279 g/mol. The Morgan fingerprint density at radius 1 is 1.32 bits per heavy atom. The first-order chi connectivity index (χ1) is 9.17. The van der Waals surface area contributed by atoms with E-state index in [0.29, 0.717) is 0 Å². The van der Waals surface area contributed by atoms with Gasteiger partial charge in [0.25, 0.3) is 0 Å². The molecule has 2 aromatic rings. The molecule has 0 saturated heterocycles. The summed E-state index contributed by atoms with van der Waals surface area (Å²) in [6.07, 6.45) is 7.21. The van der Waals surface area contributed by atoms with Crippen molar-refractivity contribution in [2.45, 2.75) is 37.5 Å². The van der Waals surface area contributed by atoms with Gasteiger partial charge in [-0.25, -0.2) is 18.1 Å². The molecular formula is C13H17N3O2S. The summed E-state index contributed by atoms with van der Waals surface area (Å²) < 4.78 is 28.8. The molecule has 19 heavy (non-hydrogen) atoms. The van der Waals surface area contributed by atoms with Crippen LogP contribution in [0, 0.1) is 0 Å². The standard InChI is InChI=1S/C13H17N3O2S/c17-19(18,12-6-1-2-7-12)15-10-13-14-9-11-5-3-4-8-16(11)13/h3-5,8-9,12,15H,1-2,6-7,10H2. The van der Waals surface area contributed by atoms with Gasteiger partial charge in [-0.05, 0) is 25.0 Å². The summed E-state index contributed by atoms with van der Waals surface area (Å²) >= 11 is 0. The van der Waals surface area contributed by atoms with Gasteiger partial charge in [0.2, 0.25) is 10.0 Å². The van der Waals surface area contributed by atoms with Crippen molar-refractivity contribution in [1.29, 1.82) is 0 Å². The summed E-state index contributed by atoms with van der Waals surface area (Å²) in [5.74, 6) is 0.720. The van der Waals surface area contributed by atoms with Crippen LogP contribution in [-0.4, -0.2) is 23.1 Å². The van der Waals surface area contributed by atoms with Gasteiger partial charge >= 0.3 is 0 Å². The van der Waals surface area contributed by atoms with Crippen molar-refractivity contribution >= 4 is 15.5 Å². The zero-order valence-corrected chi connectivity index (χ0v) is 11.4. The van der Waals surface area contributed by atoms with E-state index in [1.54, 1.807) is 6.20 Å². The lowest BCUT2D eigenvalue weighted by molar-refractivity contribution is 0.562. The number of hydrogen-bond donors (Lipinski definition) is 1. The summed E-state index contributed by atoms with van der Waals surface area (Å²) in [5.41, 5.74) is 0.970. The average Bonchev–Trinajstić information content (AvgIpc) is 3.07. The van der Waals surface area contributed by atoms with Gasteiger partial charge in [0.15, 0.2) is 0 Å². The minimum absolute atomic E-state index is 0.223. The summed E-state index contributed by atoms with van der Waals surface area (Å²) in [5, 5.41) is -0.223. The number of hydrogen-bond acceptors (Lipinski definition) is 3. The molecule has 0 spiro atoms. The van der Waals surface area contributed by atoms with Crippen LogP contribution in [0.3, 0.4) is 0 Å². The Morgan fingerprint density at radius 3 is 2.89 bits per heavy atom. The van der Waals surface area contributed by atoms with Gasteiger partial charge in [-0.1, -0.05) is 18.9 Å². The monoisotopic (exact) mass is 279 g/mol. The Bertz CT molecular complexity index is 672. The van der Waals surface area contributed by atoms with E-state index in [-0.39, 0.29) is 11.8 Å². The molecule has 0 unspecified atom stereocenters. The molecule has 3 rings (SSSR count). The molecule has 1 fully saturated rings. The number of sulfonamides is 1. The van der Waals surface area contributed by atoms with E-state index in [2.05, 4.69) is 9.71 Å². The summed E-state index contributed by atoms with van der Waals surface area (Å²) in [7, 11) is -3.21. The fourth-order valence-corrected chi connectivity index (χ4v) is 4.13. The van der Waals surface area contributed by atoms with Crippen LogP contribution in [0.5, 0.6) is 0 Å². The van der Waals surface area contributed by atoms with E-state index in [4.69, 9.17) is 0 Å². The van der Waals surface area contributed by atoms with Crippen LogP contribution in [0.25, 0.3) is 5.52 Å². The quantitative estimate of drug-likeness (QED) is 0.926. The Labute approximate surface area is 112 Å². The summed E-state index contributed by atoms with van der Waals surface area (Å²) in [4.78, 5) is 4.26. The molecule has 0 atom stereocenters. The maximum absolute atomic E-state index is 12.1. The van der Waals surface area contributed by atoms with E-state index < -0.39 is 10.0 Å². The van der Waals surface area contributed by atoms with Crippen molar-refractivity contribution < 1.29 is 8.42 Å². The highest BCUT2D eigenvalue weighted by atomic mass is 32.2. The molecule has 2 aromatic heterocycles. The second-order valence-electron chi connectivity index (χ2n) is 4.94.